The summed E-state index contributed by atoms with van der Waals surface area (Å²) in [5, 5.41) is 1.07. The average molecular weight is 811 g/mol. The van der Waals surface area contributed by atoms with E-state index in [-0.39, 0.29) is 24.3 Å². The Hall–Kier alpha value is -3.09. The van der Waals surface area contributed by atoms with Crippen LogP contribution in [0.1, 0.15) is 43.5 Å². The lowest BCUT2D eigenvalue weighted by molar-refractivity contribution is -0.139. The van der Waals surface area contributed by atoms with Gasteiger partial charge >= 0.3 is 5.97 Å². The van der Waals surface area contributed by atoms with Gasteiger partial charge in [0.15, 0.2) is 16.3 Å². The molecule has 240 valence electrons. The van der Waals surface area contributed by atoms with Crippen molar-refractivity contribution in [3.63, 3.8) is 0 Å². The average Bonchev–Trinajstić information content (AvgIpc) is 3.31. The molecule has 0 unspecified atom stereocenters. The predicted octanol–water partition coefficient (Wildman–Crippen LogP) is 7.62. The van der Waals surface area contributed by atoms with Gasteiger partial charge in [-0.2, -0.15) is 0 Å². The SMILES string of the molecule is CCOC(=O)C1=C(C)N=c2s/c(=C/c3ccc(OCc4ccc(Cl)cc4Cl)c(Br)c3)c(=O)n2[C@@H]1c1cc(OC)c(OCC)cc1Br. The van der Waals surface area contributed by atoms with Crippen LogP contribution in [-0.2, 0) is 16.1 Å². The molecule has 0 N–H and O–H groups in total. The van der Waals surface area contributed by atoms with E-state index in [1.54, 1.807) is 44.2 Å². The lowest BCUT2D eigenvalue weighted by Crippen LogP contribution is -2.40. The Morgan fingerprint density at radius 3 is 2.46 bits per heavy atom. The molecule has 4 aromatic rings. The molecule has 0 bridgehead atoms. The van der Waals surface area contributed by atoms with E-state index in [2.05, 4.69) is 36.9 Å². The summed E-state index contributed by atoms with van der Waals surface area (Å²) in [6, 6.07) is 13.5. The minimum Gasteiger partial charge on any atom is -0.493 e. The lowest BCUT2D eigenvalue weighted by Gasteiger charge is -2.26. The fourth-order valence-corrected chi connectivity index (χ4v) is 7.50. The van der Waals surface area contributed by atoms with Crippen LogP contribution in [0.5, 0.6) is 17.2 Å². The molecular formula is C33H28Br2Cl2N2O6S. The summed E-state index contributed by atoms with van der Waals surface area (Å²) in [5.74, 6) is 1.04. The fraction of sp³-hybridized carbons (Fsp3) is 0.242. The number of carbonyl (C=O) groups is 1. The number of rotatable bonds is 10. The third-order valence-electron chi connectivity index (χ3n) is 7.05. The van der Waals surface area contributed by atoms with Gasteiger partial charge in [0.2, 0.25) is 0 Å². The highest BCUT2D eigenvalue weighted by Gasteiger charge is 2.35. The quantitative estimate of drug-likeness (QED) is 0.153. The van der Waals surface area contributed by atoms with E-state index < -0.39 is 12.0 Å². The predicted molar refractivity (Wildman–Crippen MR) is 187 cm³/mol. The molecule has 1 aromatic heterocycles. The monoisotopic (exact) mass is 808 g/mol. The Balaban J connectivity index is 1.57. The van der Waals surface area contributed by atoms with Crippen LogP contribution in [0.3, 0.4) is 0 Å². The molecule has 0 spiro atoms. The molecule has 0 radical (unpaired) electrons. The van der Waals surface area contributed by atoms with Gasteiger partial charge in [-0.25, -0.2) is 9.79 Å². The van der Waals surface area contributed by atoms with Gasteiger partial charge in [-0.15, -0.1) is 0 Å². The van der Waals surface area contributed by atoms with Crippen LogP contribution in [0, 0.1) is 0 Å². The van der Waals surface area contributed by atoms with Gasteiger partial charge in [0, 0.05) is 20.1 Å². The fourth-order valence-electron chi connectivity index (χ4n) is 4.94. The first kappa shape index (κ1) is 34.3. The van der Waals surface area contributed by atoms with E-state index in [0.29, 0.717) is 63.4 Å². The van der Waals surface area contributed by atoms with Gasteiger partial charge in [-0.05, 0) is 90.3 Å². The minimum absolute atomic E-state index is 0.169. The molecule has 0 amide bonds. The van der Waals surface area contributed by atoms with Gasteiger partial charge in [-0.1, -0.05) is 62.6 Å². The van der Waals surface area contributed by atoms with Crippen molar-refractivity contribution in [1.29, 1.82) is 0 Å². The van der Waals surface area contributed by atoms with Crippen LogP contribution in [-0.4, -0.2) is 30.9 Å². The van der Waals surface area contributed by atoms with E-state index in [1.807, 2.05) is 31.2 Å². The number of halogens is 4. The summed E-state index contributed by atoms with van der Waals surface area (Å²) in [6.07, 6.45) is 1.78. The van der Waals surface area contributed by atoms with Crippen molar-refractivity contribution in [3.05, 3.63) is 115 Å². The molecule has 0 aliphatic carbocycles. The second kappa shape index (κ2) is 14.8. The van der Waals surface area contributed by atoms with E-state index >= 15 is 0 Å². The van der Waals surface area contributed by atoms with Crippen molar-refractivity contribution >= 4 is 78.4 Å². The number of nitrogens with zero attached hydrogens (tertiary/aromatic N) is 2. The number of carbonyl (C=O) groups excluding carboxylic acids is 1. The van der Waals surface area contributed by atoms with E-state index in [1.165, 1.54) is 23.0 Å². The minimum atomic E-state index is -0.835. The van der Waals surface area contributed by atoms with E-state index in [4.69, 9.17) is 42.1 Å². The number of esters is 1. The summed E-state index contributed by atoms with van der Waals surface area (Å²) in [5.41, 5.74) is 2.59. The van der Waals surface area contributed by atoms with Crippen molar-refractivity contribution < 1.29 is 23.7 Å². The standard InChI is InChI=1S/C33H28Br2Cl2N2O6S/c1-5-43-27-15-22(34)21(14-26(27)42-4)30-29(32(41)44-6-2)17(3)38-33-39(30)31(40)28(46-33)12-18-7-10-25(23(35)11-18)45-16-19-8-9-20(36)13-24(19)37/h7-15,30H,5-6,16H2,1-4H3/b28-12+/t30-/m1/s1. The Morgan fingerprint density at radius 2 is 1.78 bits per heavy atom. The molecule has 2 heterocycles. The van der Waals surface area contributed by atoms with Gasteiger partial charge in [0.1, 0.15) is 12.4 Å². The zero-order valence-electron chi connectivity index (χ0n) is 25.2. The molecule has 1 aliphatic heterocycles. The van der Waals surface area contributed by atoms with Crippen molar-refractivity contribution in [2.75, 3.05) is 20.3 Å². The second-order valence-corrected chi connectivity index (χ2v) is 13.5. The van der Waals surface area contributed by atoms with Gasteiger partial charge in [-0.3, -0.25) is 9.36 Å². The first-order chi connectivity index (χ1) is 22.1. The normalized spacial score (nSPS) is 14.5. The number of allylic oxidation sites excluding steroid dienone is 1. The molecule has 3 aromatic carbocycles. The molecule has 0 saturated heterocycles. The Kier molecular flexibility index (Phi) is 11.0. The van der Waals surface area contributed by atoms with Gasteiger partial charge in [0.25, 0.3) is 5.56 Å². The number of hydrogen-bond acceptors (Lipinski definition) is 8. The van der Waals surface area contributed by atoms with Crippen LogP contribution < -0.4 is 29.1 Å². The third kappa shape index (κ3) is 7.08. The summed E-state index contributed by atoms with van der Waals surface area (Å²) >= 11 is 20.8. The van der Waals surface area contributed by atoms with Crippen molar-refractivity contribution in [2.45, 2.75) is 33.4 Å². The summed E-state index contributed by atoms with van der Waals surface area (Å²) < 4.78 is 26.1. The van der Waals surface area contributed by atoms with Crippen LogP contribution in [0.25, 0.3) is 6.08 Å². The number of benzene rings is 3. The highest BCUT2D eigenvalue weighted by atomic mass is 79.9. The summed E-state index contributed by atoms with van der Waals surface area (Å²) in [6.45, 7) is 6.20. The molecule has 0 saturated carbocycles. The smallest absolute Gasteiger partial charge is 0.338 e. The van der Waals surface area contributed by atoms with Crippen LogP contribution in [0.2, 0.25) is 10.0 Å². The third-order valence-corrected chi connectivity index (χ3v) is 9.92. The number of thiazole rings is 1. The molecule has 1 atom stereocenters. The summed E-state index contributed by atoms with van der Waals surface area (Å²) in [7, 11) is 1.54. The largest absolute Gasteiger partial charge is 0.493 e. The molecule has 0 fully saturated rings. The van der Waals surface area contributed by atoms with Crippen LogP contribution in [0.15, 0.2) is 78.5 Å². The maximum Gasteiger partial charge on any atom is 0.338 e. The highest BCUT2D eigenvalue weighted by molar-refractivity contribution is 9.10. The number of methoxy groups -OCH3 is 1. The van der Waals surface area contributed by atoms with Crippen molar-refractivity contribution in [3.8, 4) is 17.2 Å². The molecule has 1 aliphatic rings. The molecule has 8 nitrogen and oxygen atoms in total. The zero-order valence-corrected chi connectivity index (χ0v) is 30.7. The van der Waals surface area contributed by atoms with E-state index in [9.17, 15) is 9.59 Å². The van der Waals surface area contributed by atoms with Crippen molar-refractivity contribution in [2.24, 2.45) is 4.99 Å². The molecule has 5 rings (SSSR count). The molecule has 46 heavy (non-hydrogen) atoms. The molecule has 13 heteroatoms. The highest BCUT2D eigenvalue weighted by Crippen LogP contribution is 2.41. The number of aromatic nitrogens is 1. The zero-order chi connectivity index (χ0) is 33.1. The Bertz CT molecular complexity index is 2040. The van der Waals surface area contributed by atoms with Crippen molar-refractivity contribution in [1.82, 2.24) is 4.57 Å². The second-order valence-electron chi connectivity index (χ2n) is 9.97. The Labute approximate surface area is 296 Å². The lowest BCUT2D eigenvalue weighted by atomic mass is 9.95. The number of fused-ring (bicyclic) bond motifs is 1. The maximum atomic E-state index is 14.1. The van der Waals surface area contributed by atoms with Gasteiger partial charge < -0.3 is 18.9 Å². The first-order valence-electron chi connectivity index (χ1n) is 14.1. The first-order valence-corrected chi connectivity index (χ1v) is 17.3. The van der Waals surface area contributed by atoms with Crippen LogP contribution in [0.4, 0.5) is 0 Å². The van der Waals surface area contributed by atoms with Crippen LogP contribution >= 0.6 is 66.4 Å². The Morgan fingerprint density at radius 1 is 1.00 bits per heavy atom. The number of ether oxygens (including phenoxy) is 4. The molecular weight excluding hydrogens is 783 g/mol. The van der Waals surface area contributed by atoms with E-state index in [0.717, 1.165) is 11.1 Å². The topological polar surface area (TPSA) is 88.4 Å². The maximum absolute atomic E-state index is 14.1. The number of hydrogen-bond donors (Lipinski definition) is 0. The van der Waals surface area contributed by atoms with Gasteiger partial charge in [0.05, 0.1) is 46.6 Å². The summed E-state index contributed by atoms with van der Waals surface area (Å²) in [4.78, 5) is 32.6.